The summed E-state index contributed by atoms with van der Waals surface area (Å²) in [5.74, 6) is -4.81. The smallest absolute Gasteiger partial charge is 0.429 e. The minimum Gasteiger partial charge on any atom is -0.429 e. The van der Waals surface area contributed by atoms with Crippen LogP contribution in [0, 0.1) is 36.1 Å². The van der Waals surface area contributed by atoms with Crippen molar-refractivity contribution in [2.24, 2.45) is 0 Å². The van der Waals surface area contributed by atoms with Crippen LogP contribution >= 0.6 is 0 Å². The summed E-state index contributed by atoms with van der Waals surface area (Å²) in [6.07, 6.45) is -1.42. The van der Waals surface area contributed by atoms with Crippen molar-refractivity contribution >= 4 is 0 Å². The van der Waals surface area contributed by atoms with Gasteiger partial charge in [-0.1, -0.05) is 6.92 Å². The standard InChI is InChI=1S/C21H19F6O/c1-11-3-5-13(6-4-11)14-7-18(24)20(19(25)8-14)21(26,27)28-15-9-16(22)12(2)17(23)10-15/h7-10,13H,3-6H2,1-2H3. The molecule has 0 heterocycles. The molecule has 1 aliphatic carbocycles. The number of alkyl halides is 2. The second-order valence-corrected chi connectivity index (χ2v) is 7.22. The lowest BCUT2D eigenvalue weighted by Crippen LogP contribution is -2.26. The van der Waals surface area contributed by atoms with Crippen molar-refractivity contribution < 1.29 is 31.1 Å². The van der Waals surface area contributed by atoms with E-state index in [-0.39, 0.29) is 11.5 Å². The van der Waals surface area contributed by atoms with Crippen molar-refractivity contribution in [3.63, 3.8) is 0 Å². The molecule has 2 aromatic carbocycles. The maximum absolute atomic E-state index is 14.4. The number of rotatable bonds is 4. The molecule has 0 N–H and O–H groups in total. The SMILES string of the molecule is C[C]1CCC(c2cc(F)c(C(F)(F)Oc3cc(F)c(C)c(F)c3)c(F)c2)CC1. The van der Waals surface area contributed by atoms with Gasteiger partial charge in [-0.2, -0.15) is 8.78 Å². The molecule has 0 bridgehead atoms. The zero-order chi connectivity index (χ0) is 20.6. The average Bonchev–Trinajstić information content (AvgIpc) is 2.59. The lowest BCUT2D eigenvalue weighted by molar-refractivity contribution is -0.189. The summed E-state index contributed by atoms with van der Waals surface area (Å²) in [4.78, 5) is 0. The molecule has 0 saturated heterocycles. The third kappa shape index (κ3) is 4.13. The van der Waals surface area contributed by atoms with E-state index in [2.05, 4.69) is 4.74 Å². The second kappa shape index (κ2) is 7.68. The molecular weight excluding hydrogens is 382 g/mol. The summed E-state index contributed by atoms with van der Waals surface area (Å²) >= 11 is 0. The third-order valence-corrected chi connectivity index (χ3v) is 5.17. The Morgan fingerprint density at radius 1 is 0.821 bits per heavy atom. The number of hydrogen-bond donors (Lipinski definition) is 0. The highest BCUT2D eigenvalue weighted by Crippen LogP contribution is 2.40. The molecule has 7 heteroatoms. The Kier molecular flexibility index (Phi) is 5.64. The van der Waals surface area contributed by atoms with Crippen LogP contribution in [0.25, 0.3) is 0 Å². The Morgan fingerprint density at radius 3 is 1.82 bits per heavy atom. The van der Waals surface area contributed by atoms with Crippen molar-refractivity contribution in [1.29, 1.82) is 0 Å². The minimum absolute atomic E-state index is 0.114. The fraction of sp³-hybridized carbons (Fsp3) is 0.381. The fourth-order valence-corrected chi connectivity index (χ4v) is 3.43. The van der Waals surface area contributed by atoms with Crippen LogP contribution in [-0.4, -0.2) is 0 Å². The molecule has 28 heavy (non-hydrogen) atoms. The molecule has 1 radical (unpaired) electrons. The number of halogens is 6. The van der Waals surface area contributed by atoms with Crippen LogP contribution < -0.4 is 4.74 Å². The van der Waals surface area contributed by atoms with Crippen molar-refractivity contribution in [3.8, 4) is 5.75 Å². The van der Waals surface area contributed by atoms with Gasteiger partial charge in [0, 0.05) is 17.7 Å². The normalized spacial score (nSPS) is 16.4. The molecule has 0 unspecified atom stereocenters. The van der Waals surface area contributed by atoms with E-state index in [1.54, 1.807) is 0 Å². The second-order valence-electron chi connectivity index (χ2n) is 7.22. The summed E-state index contributed by atoms with van der Waals surface area (Å²) in [6.45, 7) is 3.13. The van der Waals surface area contributed by atoms with E-state index in [1.807, 2.05) is 6.92 Å². The van der Waals surface area contributed by atoms with Gasteiger partial charge in [0.1, 0.15) is 34.6 Å². The lowest BCUT2D eigenvalue weighted by Gasteiger charge is -2.27. The van der Waals surface area contributed by atoms with Gasteiger partial charge < -0.3 is 4.74 Å². The first kappa shape index (κ1) is 20.6. The number of ether oxygens (including phenoxy) is 1. The van der Waals surface area contributed by atoms with Gasteiger partial charge in [-0.05, 0) is 62.1 Å². The van der Waals surface area contributed by atoms with Gasteiger partial charge in [0.2, 0.25) is 0 Å². The zero-order valence-corrected chi connectivity index (χ0v) is 15.4. The molecule has 1 fully saturated rings. The number of hydrogen-bond acceptors (Lipinski definition) is 1. The monoisotopic (exact) mass is 401 g/mol. The summed E-state index contributed by atoms with van der Waals surface area (Å²) in [5, 5.41) is 0. The number of benzene rings is 2. The van der Waals surface area contributed by atoms with Gasteiger partial charge in [-0.3, -0.25) is 0 Å². The maximum atomic E-state index is 14.4. The van der Waals surface area contributed by atoms with Crippen LogP contribution in [0.3, 0.4) is 0 Å². The van der Waals surface area contributed by atoms with Crippen LogP contribution in [-0.2, 0) is 6.11 Å². The van der Waals surface area contributed by atoms with E-state index < -0.39 is 40.7 Å². The fourth-order valence-electron chi connectivity index (χ4n) is 3.43. The molecule has 0 aromatic heterocycles. The Morgan fingerprint density at radius 2 is 1.32 bits per heavy atom. The molecule has 151 valence electrons. The van der Waals surface area contributed by atoms with Crippen LogP contribution in [0.1, 0.15) is 55.2 Å². The van der Waals surface area contributed by atoms with Gasteiger partial charge in [0.15, 0.2) is 0 Å². The summed E-state index contributed by atoms with van der Waals surface area (Å²) in [7, 11) is 0. The highest BCUT2D eigenvalue weighted by molar-refractivity contribution is 5.34. The predicted molar refractivity (Wildman–Crippen MR) is 92.1 cm³/mol. The van der Waals surface area contributed by atoms with E-state index in [4.69, 9.17) is 0 Å². The van der Waals surface area contributed by atoms with Gasteiger partial charge in [-0.15, -0.1) is 0 Å². The Labute approximate surface area is 159 Å². The van der Waals surface area contributed by atoms with Gasteiger partial charge in [0.25, 0.3) is 0 Å². The molecule has 0 aliphatic heterocycles. The highest BCUT2D eigenvalue weighted by atomic mass is 19.3. The van der Waals surface area contributed by atoms with Crippen LogP contribution in [0.4, 0.5) is 26.3 Å². The van der Waals surface area contributed by atoms with Crippen molar-refractivity contribution in [1.82, 2.24) is 0 Å². The molecule has 1 saturated carbocycles. The first-order chi connectivity index (χ1) is 13.1. The summed E-state index contributed by atoms with van der Waals surface area (Å²) in [5.41, 5.74) is -1.65. The van der Waals surface area contributed by atoms with Gasteiger partial charge in [0.05, 0.1) is 0 Å². The van der Waals surface area contributed by atoms with E-state index in [9.17, 15) is 26.3 Å². The first-order valence-corrected chi connectivity index (χ1v) is 8.91. The van der Waals surface area contributed by atoms with E-state index in [1.165, 1.54) is 5.92 Å². The van der Waals surface area contributed by atoms with E-state index in [0.717, 1.165) is 31.9 Å². The molecule has 1 aliphatic rings. The molecule has 0 spiro atoms. The van der Waals surface area contributed by atoms with Gasteiger partial charge in [-0.25, -0.2) is 17.6 Å². The minimum atomic E-state index is -4.45. The zero-order valence-electron chi connectivity index (χ0n) is 15.4. The summed E-state index contributed by atoms with van der Waals surface area (Å²) < 4.78 is 89.0. The molecule has 0 atom stereocenters. The lowest BCUT2D eigenvalue weighted by atomic mass is 9.79. The molecule has 1 nitrogen and oxygen atoms in total. The third-order valence-electron chi connectivity index (χ3n) is 5.17. The maximum Gasteiger partial charge on any atom is 0.432 e. The quantitative estimate of drug-likeness (QED) is 0.505. The van der Waals surface area contributed by atoms with Gasteiger partial charge >= 0.3 is 6.11 Å². The predicted octanol–water partition coefficient (Wildman–Crippen LogP) is 6.93. The van der Waals surface area contributed by atoms with Crippen molar-refractivity contribution in [3.05, 3.63) is 70.1 Å². The molecular formula is C21H19F6O. The van der Waals surface area contributed by atoms with Crippen LogP contribution in [0.15, 0.2) is 24.3 Å². The molecule has 2 aromatic rings. The van der Waals surface area contributed by atoms with Crippen molar-refractivity contribution in [2.75, 3.05) is 0 Å². The first-order valence-electron chi connectivity index (χ1n) is 8.91. The van der Waals surface area contributed by atoms with E-state index in [0.29, 0.717) is 30.5 Å². The van der Waals surface area contributed by atoms with Crippen LogP contribution in [0.2, 0.25) is 0 Å². The van der Waals surface area contributed by atoms with E-state index >= 15 is 0 Å². The van der Waals surface area contributed by atoms with Crippen molar-refractivity contribution in [2.45, 2.75) is 51.6 Å². The highest BCUT2D eigenvalue weighted by Gasteiger charge is 2.41. The Bertz CT molecular complexity index is 825. The average molecular weight is 401 g/mol. The Hall–Kier alpha value is -2.18. The largest absolute Gasteiger partial charge is 0.432 e. The molecule has 3 rings (SSSR count). The Balaban J connectivity index is 1.89. The topological polar surface area (TPSA) is 9.23 Å². The van der Waals surface area contributed by atoms with Crippen LogP contribution in [0.5, 0.6) is 5.75 Å². The molecule has 0 amide bonds. The summed E-state index contributed by atoms with van der Waals surface area (Å²) in [6, 6.07) is 2.85.